The molecular weight excluding hydrogens is 268 g/mol. The van der Waals surface area contributed by atoms with Crippen molar-refractivity contribution >= 4 is 11.6 Å². The van der Waals surface area contributed by atoms with Crippen LogP contribution in [0.3, 0.4) is 0 Å². The summed E-state index contributed by atoms with van der Waals surface area (Å²) in [5.74, 6) is 2.30. The summed E-state index contributed by atoms with van der Waals surface area (Å²) < 4.78 is 0. The number of nitrogens with zero attached hydrogens (tertiary/aromatic N) is 2. The molecule has 2 nitrogen and oxygen atoms in total. The Hall–Kier alpha value is -0.630. The van der Waals surface area contributed by atoms with Crippen molar-refractivity contribution in [1.29, 1.82) is 0 Å². The quantitative estimate of drug-likeness (QED) is 0.690. The zero-order valence-corrected chi connectivity index (χ0v) is 14.2. The van der Waals surface area contributed by atoms with Gasteiger partial charge in [-0.2, -0.15) is 0 Å². The predicted molar refractivity (Wildman–Crippen MR) is 85.3 cm³/mol. The summed E-state index contributed by atoms with van der Waals surface area (Å²) in [6.07, 6.45) is 5.89. The van der Waals surface area contributed by atoms with Crippen LogP contribution in [0.15, 0.2) is 0 Å². The normalized spacial score (nSPS) is 23.9. The van der Waals surface area contributed by atoms with Gasteiger partial charge in [-0.05, 0) is 50.4 Å². The summed E-state index contributed by atoms with van der Waals surface area (Å²) in [5, 5.41) is 0.643. The Morgan fingerprint density at radius 3 is 2.20 bits per heavy atom. The molecule has 20 heavy (non-hydrogen) atoms. The van der Waals surface area contributed by atoms with Crippen molar-refractivity contribution in [3.05, 3.63) is 22.2 Å². The lowest BCUT2D eigenvalue weighted by atomic mass is 9.69. The van der Waals surface area contributed by atoms with E-state index in [0.29, 0.717) is 16.5 Å². The van der Waals surface area contributed by atoms with Crippen LogP contribution in [0.4, 0.5) is 0 Å². The number of aromatic nitrogens is 2. The van der Waals surface area contributed by atoms with Crippen molar-refractivity contribution in [2.75, 3.05) is 0 Å². The first-order chi connectivity index (χ1) is 9.32. The van der Waals surface area contributed by atoms with Crippen molar-refractivity contribution in [1.82, 2.24) is 9.97 Å². The van der Waals surface area contributed by atoms with Gasteiger partial charge in [-0.25, -0.2) is 9.97 Å². The molecule has 3 heteroatoms. The molecule has 1 fully saturated rings. The molecule has 1 aromatic heterocycles. The van der Waals surface area contributed by atoms with Gasteiger partial charge in [-0.3, -0.25) is 0 Å². The lowest BCUT2D eigenvalue weighted by Crippen LogP contribution is -2.26. The van der Waals surface area contributed by atoms with Gasteiger partial charge in [-0.15, -0.1) is 0 Å². The highest BCUT2D eigenvalue weighted by molar-refractivity contribution is 6.30. The summed E-state index contributed by atoms with van der Waals surface area (Å²) >= 11 is 6.27. The van der Waals surface area contributed by atoms with Gasteiger partial charge in [0.1, 0.15) is 11.0 Å². The third-order valence-electron chi connectivity index (χ3n) is 4.86. The first kappa shape index (κ1) is 15.8. The Morgan fingerprint density at radius 2 is 1.70 bits per heavy atom. The van der Waals surface area contributed by atoms with Gasteiger partial charge < -0.3 is 0 Å². The van der Waals surface area contributed by atoms with Crippen LogP contribution in [-0.4, -0.2) is 9.97 Å². The van der Waals surface area contributed by atoms with Crippen LogP contribution >= 0.6 is 11.6 Å². The van der Waals surface area contributed by atoms with E-state index >= 15 is 0 Å². The van der Waals surface area contributed by atoms with Gasteiger partial charge in [0, 0.05) is 17.2 Å². The molecule has 0 spiro atoms. The van der Waals surface area contributed by atoms with Gasteiger partial charge in [0.2, 0.25) is 0 Å². The number of halogens is 1. The van der Waals surface area contributed by atoms with E-state index in [1.807, 2.05) is 6.92 Å². The van der Waals surface area contributed by atoms with Crippen LogP contribution in [0, 0.1) is 18.3 Å². The molecule has 1 saturated carbocycles. The summed E-state index contributed by atoms with van der Waals surface area (Å²) in [7, 11) is 0. The SMILES string of the molecule is CCc1nc(C2CCC(C(C)(C)C)CC2)nc(Cl)c1C. The smallest absolute Gasteiger partial charge is 0.135 e. The van der Waals surface area contributed by atoms with Crippen LogP contribution < -0.4 is 0 Å². The van der Waals surface area contributed by atoms with Crippen molar-refractivity contribution in [2.24, 2.45) is 11.3 Å². The van der Waals surface area contributed by atoms with Gasteiger partial charge in [0.15, 0.2) is 0 Å². The van der Waals surface area contributed by atoms with E-state index in [4.69, 9.17) is 16.6 Å². The van der Waals surface area contributed by atoms with Gasteiger partial charge >= 0.3 is 0 Å². The minimum absolute atomic E-state index is 0.422. The second kappa shape index (κ2) is 6.01. The predicted octanol–water partition coefficient (Wildman–Crippen LogP) is 5.32. The maximum Gasteiger partial charge on any atom is 0.135 e. The second-order valence-corrected chi connectivity index (χ2v) is 7.57. The monoisotopic (exact) mass is 294 g/mol. The summed E-state index contributed by atoms with van der Waals surface area (Å²) in [4.78, 5) is 9.31. The van der Waals surface area contributed by atoms with Crippen LogP contribution in [0.1, 0.15) is 76.4 Å². The topological polar surface area (TPSA) is 25.8 Å². The molecule has 0 amide bonds. The number of aryl methyl sites for hydroxylation is 1. The molecule has 112 valence electrons. The number of hydrogen-bond acceptors (Lipinski definition) is 2. The fourth-order valence-corrected chi connectivity index (χ4v) is 3.49. The average molecular weight is 295 g/mol. The zero-order chi connectivity index (χ0) is 14.9. The highest BCUT2D eigenvalue weighted by atomic mass is 35.5. The zero-order valence-electron chi connectivity index (χ0n) is 13.5. The van der Waals surface area contributed by atoms with Crippen LogP contribution in [0.5, 0.6) is 0 Å². The molecule has 0 saturated heterocycles. The fourth-order valence-electron chi connectivity index (χ4n) is 3.30. The van der Waals surface area contributed by atoms with E-state index in [-0.39, 0.29) is 0 Å². The average Bonchev–Trinajstić information content (AvgIpc) is 2.41. The molecule has 1 aliphatic rings. The van der Waals surface area contributed by atoms with Crippen LogP contribution in [-0.2, 0) is 6.42 Å². The van der Waals surface area contributed by atoms with Crippen LogP contribution in [0.25, 0.3) is 0 Å². The fraction of sp³-hybridized carbons (Fsp3) is 0.765. The molecule has 0 radical (unpaired) electrons. The Balaban J connectivity index is 2.13. The van der Waals surface area contributed by atoms with Crippen molar-refractivity contribution in [3.63, 3.8) is 0 Å². The highest BCUT2D eigenvalue weighted by Gasteiger charge is 2.31. The van der Waals surface area contributed by atoms with Gasteiger partial charge in [0.25, 0.3) is 0 Å². The maximum absolute atomic E-state index is 6.27. The first-order valence-electron chi connectivity index (χ1n) is 7.85. The molecule has 0 bridgehead atoms. The van der Waals surface area contributed by atoms with E-state index in [1.165, 1.54) is 25.7 Å². The van der Waals surface area contributed by atoms with Gasteiger partial charge in [0.05, 0.1) is 0 Å². The molecule has 0 N–H and O–H groups in total. The summed E-state index contributed by atoms with van der Waals surface area (Å²) in [6.45, 7) is 11.2. The van der Waals surface area contributed by atoms with E-state index in [2.05, 4.69) is 32.7 Å². The highest BCUT2D eigenvalue weighted by Crippen LogP contribution is 2.42. The molecule has 1 aromatic rings. The standard InChI is InChI=1S/C17H27ClN2/c1-6-14-11(2)15(18)20-16(19-14)12-7-9-13(10-8-12)17(3,4)5/h12-13H,6-10H2,1-5H3. The molecule has 1 aliphatic carbocycles. The third kappa shape index (κ3) is 3.33. The molecular formula is C17H27ClN2. The van der Waals surface area contributed by atoms with Crippen molar-refractivity contribution in [2.45, 2.75) is 72.6 Å². The lowest BCUT2D eigenvalue weighted by molar-refractivity contribution is 0.167. The molecule has 1 heterocycles. The molecule has 0 atom stereocenters. The Labute approximate surface area is 128 Å². The summed E-state index contributed by atoms with van der Waals surface area (Å²) in [5.41, 5.74) is 2.57. The minimum Gasteiger partial charge on any atom is -0.237 e. The molecule has 0 aromatic carbocycles. The van der Waals surface area contributed by atoms with Crippen LogP contribution in [0.2, 0.25) is 5.15 Å². The molecule has 0 aliphatic heterocycles. The van der Waals surface area contributed by atoms with E-state index < -0.39 is 0 Å². The third-order valence-corrected chi connectivity index (χ3v) is 5.22. The second-order valence-electron chi connectivity index (χ2n) is 7.21. The molecule has 0 unspecified atom stereocenters. The van der Waals surface area contributed by atoms with E-state index in [1.54, 1.807) is 0 Å². The van der Waals surface area contributed by atoms with Gasteiger partial charge in [-0.1, -0.05) is 39.3 Å². The summed E-state index contributed by atoms with van der Waals surface area (Å²) in [6, 6.07) is 0. The Morgan fingerprint density at radius 1 is 1.10 bits per heavy atom. The first-order valence-corrected chi connectivity index (χ1v) is 8.23. The Kier molecular flexibility index (Phi) is 4.73. The van der Waals surface area contributed by atoms with E-state index in [0.717, 1.165) is 29.4 Å². The molecule has 2 rings (SSSR count). The Bertz CT molecular complexity index is 469. The number of rotatable bonds is 2. The van der Waals surface area contributed by atoms with Crippen molar-refractivity contribution < 1.29 is 0 Å². The largest absolute Gasteiger partial charge is 0.237 e. The van der Waals surface area contributed by atoms with Crippen molar-refractivity contribution in [3.8, 4) is 0 Å². The number of hydrogen-bond donors (Lipinski definition) is 0. The minimum atomic E-state index is 0.422. The maximum atomic E-state index is 6.27. The van der Waals surface area contributed by atoms with E-state index in [9.17, 15) is 0 Å². The lowest BCUT2D eigenvalue weighted by Gasteiger charge is -2.36.